The van der Waals surface area contributed by atoms with Crippen molar-refractivity contribution in [2.24, 2.45) is 0 Å². The van der Waals surface area contributed by atoms with Gasteiger partial charge in [0.1, 0.15) is 5.69 Å². The zero-order valence-corrected chi connectivity index (χ0v) is 15.1. The molecule has 7 heteroatoms. The minimum Gasteiger partial charge on any atom is -0.379 e. The topological polar surface area (TPSA) is 79.4 Å². The number of hydrogen-bond donors (Lipinski definition) is 2. The zero-order chi connectivity index (χ0) is 17.5. The van der Waals surface area contributed by atoms with Gasteiger partial charge in [0.15, 0.2) is 0 Å². The zero-order valence-electron chi connectivity index (χ0n) is 15.1. The van der Waals surface area contributed by atoms with Crippen LogP contribution < -0.4 is 10.6 Å². The Balaban J connectivity index is 1.52. The number of ether oxygens (including phenoxy) is 1. The van der Waals surface area contributed by atoms with Gasteiger partial charge in [0.2, 0.25) is 5.95 Å². The Labute approximate surface area is 149 Å². The Bertz CT molecular complexity index is 569. The molecule has 1 saturated carbocycles. The largest absolute Gasteiger partial charge is 0.379 e. The van der Waals surface area contributed by atoms with Gasteiger partial charge < -0.3 is 15.4 Å². The Kier molecular flexibility index (Phi) is 6.58. The summed E-state index contributed by atoms with van der Waals surface area (Å²) in [6, 6.07) is 2.17. The van der Waals surface area contributed by atoms with E-state index in [9.17, 15) is 4.79 Å². The van der Waals surface area contributed by atoms with Gasteiger partial charge in [-0.2, -0.15) is 0 Å². The molecule has 2 heterocycles. The van der Waals surface area contributed by atoms with Crippen molar-refractivity contribution >= 4 is 11.9 Å². The molecule has 0 bridgehead atoms. The van der Waals surface area contributed by atoms with Gasteiger partial charge in [-0.05, 0) is 25.8 Å². The maximum atomic E-state index is 12.4. The van der Waals surface area contributed by atoms with Crippen LogP contribution in [-0.4, -0.2) is 66.2 Å². The van der Waals surface area contributed by atoms with E-state index in [2.05, 4.69) is 25.5 Å². The highest BCUT2D eigenvalue weighted by atomic mass is 16.5. The van der Waals surface area contributed by atoms with E-state index in [1.54, 1.807) is 6.07 Å². The number of nitrogens with one attached hydrogen (secondary N) is 2. The van der Waals surface area contributed by atoms with Gasteiger partial charge >= 0.3 is 0 Å². The fourth-order valence-electron chi connectivity index (χ4n) is 3.42. The number of morpholine rings is 1. The standard InChI is InChI=1S/C18H29N5O2/c1-14-13-16(17(24)19-7-8-23-9-11-25-12-10-23)22-18(20-14)21-15-5-3-2-4-6-15/h13,15H,2-12H2,1H3,(H,19,24)(H,20,21,22). The maximum Gasteiger partial charge on any atom is 0.270 e. The first-order valence-corrected chi connectivity index (χ1v) is 9.41. The van der Waals surface area contributed by atoms with Crippen molar-refractivity contribution in [3.8, 4) is 0 Å². The molecular formula is C18H29N5O2. The summed E-state index contributed by atoms with van der Waals surface area (Å²) in [7, 11) is 0. The molecule has 7 nitrogen and oxygen atoms in total. The van der Waals surface area contributed by atoms with Crippen LogP contribution in [0.3, 0.4) is 0 Å². The number of aryl methyl sites for hydroxylation is 1. The number of carbonyl (C=O) groups excluding carboxylic acids is 1. The first kappa shape index (κ1) is 18.1. The first-order valence-electron chi connectivity index (χ1n) is 9.41. The lowest BCUT2D eigenvalue weighted by Gasteiger charge is -2.26. The van der Waals surface area contributed by atoms with Crippen molar-refractivity contribution in [3.05, 3.63) is 17.5 Å². The van der Waals surface area contributed by atoms with Gasteiger partial charge in [0, 0.05) is 37.9 Å². The highest BCUT2D eigenvalue weighted by molar-refractivity contribution is 5.92. The van der Waals surface area contributed by atoms with Gasteiger partial charge in [0.05, 0.1) is 13.2 Å². The lowest BCUT2D eigenvalue weighted by atomic mass is 9.96. The summed E-state index contributed by atoms with van der Waals surface area (Å²) < 4.78 is 5.33. The number of hydrogen-bond acceptors (Lipinski definition) is 6. The summed E-state index contributed by atoms with van der Waals surface area (Å²) in [6.45, 7) is 6.76. The van der Waals surface area contributed by atoms with E-state index < -0.39 is 0 Å². The number of nitrogens with zero attached hydrogens (tertiary/aromatic N) is 3. The Morgan fingerprint density at radius 2 is 2.00 bits per heavy atom. The number of anilines is 1. The Hall–Kier alpha value is -1.73. The molecule has 1 aliphatic carbocycles. The SMILES string of the molecule is Cc1cc(C(=O)NCCN2CCOCC2)nc(NC2CCCCC2)n1. The van der Waals surface area contributed by atoms with Crippen molar-refractivity contribution in [2.45, 2.75) is 45.1 Å². The van der Waals surface area contributed by atoms with E-state index in [0.29, 0.717) is 24.2 Å². The second kappa shape index (κ2) is 9.10. The van der Waals surface area contributed by atoms with Crippen molar-refractivity contribution in [3.63, 3.8) is 0 Å². The monoisotopic (exact) mass is 347 g/mol. The molecule has 1 saturated heterocycles. The fraction of sp³-hybridized carbons (Fsp3) is 0.722. The highest BCUT2D eigenvalue weighted by Gasteiger charge is 2.16. The molecule has 1 aliphatic heterocycles. The van der Waals surface area contributed by atoms with Crippen molar-refractivity contribution < 1.29 is 9.53 Å². The molecule has 0 radical (unpaired) electrons. The molecule has 3 rings (SSSR count). The van der Waals surface area contributed by atoms with Crippen LogP contribution in [0.25, 0.3) is 0 Å². The summed E-state index contributed by atoms with van der Waals surface area (Å²) in [6.07, 6.45) is 6.11. The molecule has 0 aromatic carbocycles. The molecule has 2 N–H and O–H groups in total. The van der Waals surface area contributed by atoms with Crippen molar-refractivity contribution in [2.75, 3.05) is 44.7 Å². The highest BCUT2D eigenvalue weighted by Crippen LogP contribution is 2.20. The van der Waals surface area contributed by atoms with Crippen LogP contribution in [0.5, 0.6) is 0 Å². The van der Waals surface area contributed by atoms with E-state index in [1.807, 2.05) is 6.92 Å². The quantitative estimate of drug-likeness (QED) is 0.814. The summed E-state index contributed by atoms with van der Waals surface area (Å²) in [5.74, 6) is 0.440. The van der Waals surface area contributed by atoms with E-state index >= 15 is 0 Å². The van der Waals surface area contributed by atoms with E-state index in [0.717, 1.165) is 51.4 Å². The van der Waals surface area contributed by atoms with E-state index in [-0.39, 0.29) is 5.91 Å². The molecule has 0 spiro atoms. The average Bonchev–Trinajstić information content (AvgIpc) is 2.63. The molecule has 1 amide bonds. The molecule has 1 aromatic heterocycles. The number of rotatable bonds is 6. The summed E-state index contributed by atoms with van der Waals surface area (Å²) in [4.78, 5) is 23.6. The molecule has 2 fully saturated rings. The molecule has 0 unspecified atom stereocenters. The lowest BCUT2D eigenvalue weighted by molar-refractivity contribution is 0.0383. The first-order chi connectivity index (χ1) is 12.2. The molecule has 138 valence electrons. The van der Waals surface area contributed by atoms with Crippen LogP contribution in [0.4, 0.5) is 5.95 Å². The molecule has 1 aromatic rings. The van der Waals surface area contributed by atoms with Crippen LogP contribution >= 0.6 is 0 Å². The molecule has 25 heavy (non-hydrogen) atoms. The number of aromatic nitrogens is 2. The van der Waals surface area contributed by atoms with Crippen LogP contribution in [0.1, 0.15) is 48.3 Å². The maximum absolute atomic E-state index is 12.4. The average molecular weight is 347 g/mol. The van der Waals surface area contributed by atoms with Gasteiger partial charge in [-0.15, -0.1) is 0 Å². The minimum atomic E-state index is -0.134. The Morgan fingerprint density at radius 1 is 1.24 bits per heavy atom. The van der Waals surface area contributed by atoms with Gasteiger partial charge in [-0.1, -0.05) is 19.3 Å². The summed E-state index contributed by atoms with van der Waals surface area (Å²) in [5.41, 5.74) is 1.25. The Morgan fingerprint density at radius 3 is 2.76 bits per heavy atom. The van der Waals surface area contributed by atoms with Crippen molar-refractivity contribution in [1.29, 1.82) is 0 Å². The predicted molar refractivity (Wildman–Crippen MR) is 96.9 cm³/mol. The molecular weight excluding hydrogens is 318 g/mol. The minimum absolute atomic E-state index is 0.134. The van der Waals surface area contributed by atoms with Crippen LogP contribution in [-0.2, 0) is 4.74 Å². The normalized spacial score (nSPS) is 19.6. The number of amides is 1. The van der Waals surface area contributed by atoms with Gasteiger partial charge in [-0.25, -0.2) is 9.97 Å². The van der Waals surface area contributed by atoms with Crippen molar-refractivity contribution in [1.82, 2.24) is 20.2 Å². The lowest BCUT2D eigenvalue weighted by Crippen LogP contribution is -2.41. The summed E-state index contributed by atoms with van der Waals surface area (Å²) >= 11 is 0. The smallest absolute Gasteiger partial charge is 0.270 e. The van der Waals surface area contributed by atoms with Crippen LogP contribution in [0.15, 0.2) is 6.07 Å². The third-order valence-electron chi connectivity index (χ3n) is 4.84. The third kappa shape index (κ3) is 5.64. The van der Waals surface area contributed by atoms with Gasteiger partial charge in [-0.3, -0.25) is 9.69 Å². The predicted octanol–water partition coefficient (Wildman–Crippen LogP) is 1.59. The fourth-order valence-corrected chi connectivity index (χ4v) is 3.42. The van der Waals surface area contributed by atoms with Crippen LogP contribution in [0.2, 0.25) is 0 Å². The number of carbonyl (C=O) groups is 1. The third-order valence-corrected chi connectivity index (χ3v) is 4.84. The molecule has 0 atom stereocenters. The second-order valence-electron chi connectivity index (χ2n) is 6.91. The van der Waals surface area contributed by atoms with Crippen LogP contribution in [0, 0.1) is 6.92 Å². The van der Waals surface area contributed by atoms with E-state index in [1.165, 1.54) is 19.3 Å². The molecule has 2 aliphatic rings. The second-order valence-corrected chi connectivity index (χ2v) is 6.91. The van der Waals surface area contributed by atoms with E-state index in [4.69, 9.17) is 4.74 Å². The van der Waals surface area contributed by atoms with Gasteiger partial charge in [0.25, 0.3) is 5.91 Å². The summed E-state index contributed by atoms with van der Waals surface area (Å²) in [5, 5.41) is 6.37.